The van der Waals surface area contributed by atoms with Gasteiger partial charge in [-0.3, -0.25) is 47.9 Å². The molecule has 422 valence electrons. The number of hydrogen-bond acceptors (Lipinski definition) is 16. The smallest absolute Gasteiger partial charge is 0.326 e. The fourth-order valence-electron chi connectivity index (χ4n) is 7.23. The number of primary amides is 1. The molecule has 75 heavy (non-hydrogen) atoms. The number of benzene rings is 1. The first-order chi connectivity index (χ1) is 35.2. The van der Waals surface area contributed by atoms with Gasteiger partial charge in [-0.05, 0) is 74.1 Å². The normalized spacial score (nSPS) is 15.6. The third-order valence-corrected chi connectivity index (χ3v) is 12.2. The number of aromatic hydroxyl groups is 1. The zero-order valence-electron chi connectivity index (χ0n) is 43.4. The number of aliphatic hydroxyl groups is 2. The van der Waals surface area contributed by atoms with Crippen LogP contribution in [-0.4, -0.2) is 165 Å². The molecule has 0 aliphatic carbocycles. The van der Waals surface area contributed by atoms with Crippen LogP contribution < -0.4 is 59.7 Å². The number of phenols is 1. The second-order valence-electron chi connectivity index (χ2n) is 18.8. The summed E-state index contributed by atoms with van der Waals surface area (Å²) in [6.07, 6.45) is -0.771. The SMILES string of the molecule is CC[C@H](C)[C@H](N)C(=O)N[C@@H](Cc1ccc(O)cc1)C(=O)N[C@@H](CCCCN)C(=O)N[C@@H](CC(N)=O)C(=O)N[C@@H](CO)C(=O)N[C@@H](CC(C)C)C(=O)N[C@@H](CO)C(=O)N[C@@H](CCC(=O)O)C(=O)N[C@H](C(=O)O)[C@@H](C)CC. The maximum absolute atomic E-state index is 14.0. The summed E-state index contributed by atoms with van der Waals surface area (Å²) in [6.45, 7) is 8.13. The second-order valence-corrected chi connectivity index (χ2v) is 18.8. The first-order valence-corrected chi connectivity index (χ1v) is 24.8. The van der Waals surface area contributed by atoms with E-state index in [9.17, 15) is 78.3 Å². The number of amides is 9. The number of aliphatic carboxylic acids is 2. The number of nitrogens with two attached hydrogens (primary N) is 3. The number of unbranched alkanes of at least 4 members (excludes halogenated alkanes) is 1. The molecule has 27 heteroatoms. The molecule has 0 aliphatic heterocycles. The van der Waals surface area contributed by atoms with Gasteiger partial charge in [-0.2, -0.15) is 0 Å². The third kappa shape index (κ3) is 23.8. The highest BCUT2D eigenvalue weighted by Crippen LogP contribution is 2.15. The summed E-state index contributed by atoms with van der Waals surface area (Å²) in [5.41, 5.74) is 17.8. The van der Waals surface area contributed by atoms with Crippen LogP contribution in [0.25, 0.3) is 0 Å². The van der Waals surface area contributed by atoms with E-state index in [-0.39, 0.29) is 49.8 Å². The molecule has 0 aromatic heterocycles. The van der Waals surface area contributed by atoms with Gasteiger partial charge < -0.3 is 85.3 Å². The molecule has 0 unspecified atom stereocenters. The van der Waals surface area contributed by atoms with Crippen LogP contribution in [0.1, 0.15) is 105 Å². The third-order valence-electron chi connectivity index (χ3n) is 12.2. The Morgan fingerprint density at radius 1 is 0.547 bits per heavy atom. The summed E-state index contributed by atoms with van der Waals surface area (Å²) < 4.78 is 0. The Morgan fingerprint density at radius 3 is 1.44 bits per heavy atom. The topological polar surface area (TPSA) is 463 Å². The number of nitrogens with one attached hydrogen (secondary N) is 8. The van der Waals surface area contributed by atoms with Crippen molar-refractivity contribution in [2.75, 3.05) is 19.8 Å². The highest BCUT2D eigenvalue weighted by molar-refractivity contribution is 5.99. The lowest BCUT2D eigenvalue weighted by Crippen LogP contribution is -2.61. The van der Waals surface area contributed by atoms with Crippen molar-refractivity contribution in [2.24, 2.45) is 35.0 Å². The molecule has 0 saturated carbocycles. The Hall–Kier alpha value is -6.97. The van der Waals surface area contributed by atoms with Crippen molar-refractivity contribution in [3.8, 4) is 5.75 Å². The summed E-state index contributed by atoms with van der Waals surface area (Å²) >= 11 is 0. The van der Waals surface area contributed by atoms with Gasteiger partial charge in [-0.25, -0.2) is 4.79 Å². The average molecular weight is 1070 g/mol. The number of aliphatic hydroxyl groups excluding tert-OH is 2. The summed E-state index contributed by atoms with van der Waals surface area (Å²) in [5, 5.41) is 68.0. The molecular weight excluding hydrogens is 987 g/mol. The monoisotopic (exact) mass is 1070 g/mol. The van der Waals surface area contributed by atoms with Crippen LogP contribution in [-0.2, 0) is 59.2 Å². The molecule has 1 aromatic rings. The van der Waals surface area contributed by atoms with Gasteiger partial charge in [0.15, 0.2) is 0 Å². The van der Waals surface area contributed by atoms with Gasteiger partial charge in [-0.1, -0.05) is 66.5 Å². The lowest BCUT2D eigenvalue weighted by molar-refractivity contribution is -0.144. The Labute approximate surface area is 435 Å². The number of phenolic OH excluding ortho intramolecular Hbond substituents is 1. The van der Waals surface area contributed by atoms with Crippen LogP contribution in [0.4, 0.5) is 0 Å². The number of carboxylic acids is 2. The van der Waals surface area contributed by atoms with Gasteiger partial charge in [0.05, 0.1) is 25.7 Å². The van der Waals surface area contributed by atoms with E-state index < -0.39 is 158 Å². The van der Waals surface area contributed by atoms with Crippen molar-refractivity contribution in [1.29, 1.82) is 0 Å². The molecule has 1 aromatic carbocycles. The molecule has 0 fully saturated rings. The molecule has 27 nitrogen and oxygen atoms in total. The van der Waals surface area contributed by atoms with Gasteiger partial charge in [0.25, 0.3) is 0 Å². The predicted molar refractivity (Wildman–Crippen MR) is 269 cm³/mol. The van der Waals surface area contributed by atoms with Crippen molar-refractivity contribution < 1.29 is 78.3 Å². The quantitative estimate of drug-likeness (QED) is 0.0287. The van der Waals surface area contributed by atoms with Crippen LogP contribution >= 0.6 is 0 Å². The molecular formula is C48H79N11O16. The van der Waals surface area contributed by atoms with Crippen molar-refractivity contribution in [3.05, 3.63) is 29.8 Å². The number of carbonyl (C=O) groups excluding carboxylic acids is 9. The molecule has 0 saturated heterocycles. The van der Waals surface area contributed by atoms with E-state index >= 15 is 0 Å². The Morgan fingerprint density at radius 2 is 0.973 bits per heavy atom. The van der Waals surface area contributed by atoms with Crippen LogP contribution in [0.2, 0.25) is 0 Å². The minimum atomic E-state index is -1.87. The van der Waals surface area contributed by atoms with Gasteiger partial charge in [0, 0.05) is 12.8 Å². The zero-order chi connectivity index (χ0) is 57.1. The molecule has 0 heterocycles. The second kappa shape index (κ2) is 33.8. The van der Waals surface area contributed by atoms with E-state index in [1.54, 1.807) is 34.6 Å². The zero-order valence-corrected chi connectivity index (χ0v) is 43.4. The molecule has 11 atom stereocenters. The van der Waals surface area contributed by atoms with Gasteiger partial charge in [0.1, 0.15) is 54.1 Å². The Bertz CT molecular complexity index is 2100. The maximum Gasteiger partial charge on any atom is 0.326 e. The summed E-state index contributed by atoms with van der Waals surface area (Å²) in [6, 6.07) is -8.01. The van der Waals surface area contributed by atoms with E-state index in [2.05, 4.69) is 42.5 Å². The molecule has 0 aliphatic rings. The molecule has 1 rings (SSSR count). The van der Waals surface area contributed by atoms with Gasteiger partial charge in [0.2, 0.25) is 53.2 Å². The van der Waals surface area contributed by atoms with Crippen LogP contribution in [0, 0.1) is 17.8 Å². The number of rotatable bonds is 36. The Balaban J connectivity index is 3.39. The minimum absolute atomic E-state index is 0.0552. The molecule has 0 spiro atoms. The van der Waals surface area contributed by atoms with Crippen LogP contribution in [0.3, 0.4) is 0 Å². The number of hydrogen-bond donors (Lipinski definition) is 16. The van der Waals surface area contributed by atoms with E-state index in [1.807, 2.05) is 6.92 Å². The van der Waals surface area contributed by atoms with Crippen LogP contribution in [0.15, 0.2) is 24.3 Å². The standard InChI is InChI=1S/C48H79N11O16/c1-7-25(5)38(51)47(73)56-32(20-27-12-14-28(62)15-13-27)43(69)52-29(11-9-10-18-49)40(66)55-33(21-36(50)63)44(70)58-35(23-61)46(72)54-31(19-24(3)4)42(68)57-34(22-60)45(71)53-30(16-17-37(64)65)41(67)59-39(48(74)75)26(6)8-2/h12-15,24-26,29-35,38-39,60-62H,7-11,16-23,49,51H2,1-6H3,(H2,50,63)(H,52,69)(H,53,71)(H,54,72)(H,55,66)(H,56,73)(H,57,68)(H,58,70)(H,59,67)(H,64,65)(H,74,75)/t25-,26-,29-,30-,31-,32-,33-,34-,35-,38-,39-/m0/s1. The predicted octanol–water partition coefficient (Wildman–Crippen LogP) is -3.78. The van der Waals surface area contributed by atoms with E-state index in [1.165, 1.54) is 24.3 Å². The fraction of sp³-hybridized carbons (Fsp3) is 0.646. The van der Waals surface area contributed by atoms with E-state index in [0.29, 0.717) is 24.8 Å². The van der Waals surface area contributed by atoms with Crippen molar-refractivity contribution in [1.82, 2.24) is 42.5 Å². The maximum atomic E-state index is 14.0. The fourth-order valence-corrected chi connectivity index (χ4v) is 7.23. The average Bonchev–Trinajstić information content (AvgIpc) is 3.35. The molecule has 19 N–H and O–H groups in total. The number of carbonyl (C=O) groups is 11. The van der Waals surface area contributed by atoms with Crippen LogP contribution in [0.5, 0.6) is 5.75 Å². The first kappa shape index (κ1) is 66.0. The highest BCUT2D eigenvalue weighted by Gasteiger charge is 2.36. The lowest BCUT2D eigenvalue weighted by atomic mass is 9.98. The number of carboxylic acid groups (broad SMARTS) is 2. The van der Waals surface area contributed by atoms with E-state index in [0.717, 1.165) is 0 Å². The van der Waals surface area contributed by atoms with Crippen molar-refractivity contribution in [2.45, 2.75) is 160 Å². The highest BCUT2D eigenvalue weighted by atomic mass is 16.4. The lowest BCUT2D eigenvalue weighted by Gasteiger charge is -2.28. The summed E-state index contributed by atoms with van der Waals surface area (Å²) in [5.74, 6) is -13.3. The first-order valence-electron chi connectivity index (χ1n) is 24.8. The van der Waals surface area contributed by atoms with Gasteiger partial charge >= 0.3 is 11.9 Å². The molecule has 0 radical (unpaired) electrons. The minimum Gasteiger partial charge on any atom is -0.508 e. The Kier molecular flexibility index (Phi) is 29.7. The molecule has 0 bridgehead atoms. The van der Waals surface area contributed by atoms with Crippen molar-refractivity contribution >= 4 is 65.1 Å². The van der Waals surface area contributed by atoms with E-state index in [4.69, 9.17) is 17.2 Å². The largest absolute Gasteiger partial charge is 0.508 e. The summed E-state index contributed by atoms with van der Waals surface area (Å²) in [4.78, 5) is 144. The summed E-state index contributed by atoms with van der Waals surface area (Å²) in [7, 11) is 0. The van der Waals surface area contributed by atoms with Crippen molar-refractivity contribution in [3.63, 3.8) is 0 Å². The molecule has 9 amide bonds. The van der Waals surface area contributed by atoms with Gasteiger partial charge in [-0.15, -0.1) is 0 Å².